The average molecular weight is 378 g/mol. The maximum Gasteiger partial charge on any atom is 0.346 e. The molecule has 142 valence electrons. The minimum absolute atomic E-state index is 0.346. The molecular weight excluding hydrogens is 352 g/mol. The predicted octanol–water partition coefficient (Wildman–Crippen LogP) is 2.49. The van der Waals surface area contributed by atoms with E-state index < -0.39 is 5.97 Å². The number of aromatic nitrogens is 2. The Hall–Kier alpha value is -1.77. The summed E-state index contributed by atoms with van der Waals surface area (Å²) in [5, 5.41) is 10.3. The minimum Gasteiger partial charge on any atom is -0.477 e. The number of nitrogens with zero attached hydrogens (tertiary/aromatic N) is 4. The Labute approximate surface area is 157 Å². The molecule has 0 aliphatic carbocycles. The molecule has 2 aromatic rings. The van der Waals surface area contributed by atoms with E-state index in [0.717, 1.165) is 54.4 Å². The van der Waals surface area contributed by atoms with E-state index in [9.17, 15) is 9.90 Å². The first kappa shape index (κ1) is 19.0. The maximum atomic E-state index is 11.4. The molecule has 0 aromatic carbocycles. The number of fused-ring (bicyclic) bond motifs is 1. The van der Waals surface area contributed by atoms with Crippen molar-refractivity contribution >= 4 is 33.3 Å². The summed E-state index contributed by atoms with van der Waals surface area (Å²) < 4.78 is 5.20. The lowest BCUT2D eigenvalue weighted by Gasteiger charge is -2.35. The zero-order valence-corrected chi connectivity index (χ0v) is 16.4. The molecule has 0 spiro atoms. The molecule has 1 aliphatic heterocycles. The number of hydrogen-bond acceptors (Lipinski definition) is 7. The van der Waals surface area contributed by atoms with E-state index in [1.807, 2.05) is 14.0 Å². The van der Waals surface area contributed by atoms with Crippen LogP contribution in [-0.2, 0) is 4.74 Å². The lowest BCUT2D eigenvalue weighted by atomic mass is 9.97. The molecule has 8 heteroatoms. The van der Waals surface area contributed by atoms with Gasteiger partial charge in [0.1, 0.15) is 21.9 Å². The van der Waals surface area contributed by atoms with Crippen LogP contribution in [0.25, 0.3) is 10.2 Å². The summed E-state index contributed by atoms with van der Waals surface area (Å²) in [4.78, 5) is 25.9. The van der Waals surface area contributed by atoms with Crippen molar-refractivity contribution in [3.8, 4) is 0 Å². The predicted molar refractivity (Wildman–Crippen MR) is 103 cm³/mol. The zero-order chi connectivity index (χ0) is 18.7. The summed E-state index contributed by atoms with van der Waals surface area (Å²) in [5.41, 5.74) is 0.755. The summed E-state index contributed by atoms with van der Waals surface area (Å²) in [6, 6.07) is 0. The second-order valence-corrected chi connectivity index (χ2v) is 7.92. The Balaban J connectivity index is 1.77. The molecule has 1 fully saturated rings. The van der Waals surface area contributed by atoms with Gasteiger partial charge in [0.05, 0.1) is 12.0 Å². The number of hydrogen-bond donors (Lipinski definition) is 1. The molecular formula is C18H26N4O3S. The Kier molecular flexibility index (Phi) is 6.05. The van der Waals surface area contributed by atoms with Crippen molar-refractivity contribution in [1.29, 1.82) is 0 Å². The van der Waals surface area contributed by atoms with Crippen LogP contribution >= 0.6 is 11.3 Å². The number of rotatable bonds is 7. The fraction of sp³-hybridized carbons (Fsp3) is 0.611. The molecule has 1 aliphatic rings. The molecule has 2 aromatic heterocycles. The number of carboxylic acids is 1. The van der Waals surface area contributed by atoms with Crippen LogP contribution in [-0.4, -0.2) is 72.9 Å². The van der Waals surface area contributed by atoms with E-state index in [1.54, 1.807) is 7.11 Å². The van der Waals surface area contributed by atoms with Crippen molar-refractivity contribution < 1.29 is 14.6 Å². The third-order valence-corrected chi connectivity index (χ3v) is 6.20. The van der Waals surface area contributed by atoms with Crippen molar-refractivity contribution in [3.63, 3.8) is 0 Å². The molecule has 0 radical (unpaired) electrons. The average Bonchev–Trinajstić information content (AvgIpc) is 2.97. The molecule has 0 amide bonds. The molecule has 7 nitrogen and oxygen atoms in total. The van der Waals surface area contributed by atoms with Gasteiger partial charge in [-0.2, -0.15) is 0 Å². The van der Waals surface area contributed by atoms with E-state index in [1.165, 1.54) is 30.5 Å². The highest BCUT2D eigenvalue weighted by Gasteiger charge is 2.24. The van der Waals surface area contributed by atoms with E-state index in [0.29, 0.717) is 10.8 Å². The number of methoxy groups -OCH3 is 1. The van der Waals surface area contributed by atoms with Crippen LogP contribution in [0.2, 0.25) is 0 Å². The second kappa shape index (κ2) is 8.28. The lowest BCUT2D eigenvalue weighted by molar-refractivity contribution is 0.0701. The molecule has 26 heavy (non-hydrogen) atoms. The van der Waals surface area contributed by atoms with Gasteiger partial charge in [0, 0.05) is 33.8 Å². The first-order valence-corrected chi connectivity index (χ1v) is 9.72. The number of likely N-dealkylation sites (tertiary alicyclic amines) is 1. The number of carboxylic acid groups (broad SMARTS) is 1. The number of thiophene rings is 1. The molecule has 1 saturated heterocycles. The van der Waals surface area contributed by atoms with Gasteiger partial charge in [-0.3, -0.25) is 0 Å². The number of piperidine rings is 1. The number of ether oxygens (including phenoxy) is 1. The van der Waals surface area contributed by atoms with Crippen molar-refractivity contribution in [2.45, 2.75) is 19.8 Å². The molecule has 0 bridgehead atoms. The van der Waals surface area contributed by atoms with Crippen LogP contribution < -0.4 is 4.90 Å². The highest BCUT2D eigenvalue weighted by atomic mass is 32.1. The molecule has 3 rings (SSSR count). The van der Waals surface area contributed by atoms with E-state index in [4.69, 9.17) is 4.74 Å². The minimum atomic E-state index is -0.903. The fourth-order valence-electron chi connectivity index (χ4n) is 3.74. The van der Waals surface area contributed by atoms with Crippen LogP contribution in [0.3, 0.4) is 0 Å². The van der Waals surface area contributed by atoms with Gasteiger partial charge < -0.3 is 19.6 Å². The Morgan fingerprint density at radius 2 is 2.31 bits per heavy atom. The smallest absolute Gasteiger partial charge is 0.346 e. The summed E-state index contributed by atoms with van der Waals surface area (Å²) in [7, 11) is 3.78. The lowest BCUT2D eigenvalue weighted by Crippen LogP contribution is -2.41. The third kappa shape index (κ3) is 3.97. The van der Waals surface area contributed by atoms with Crippen molar-refractivity contribution in [3.05, 3.63) is 16.8 Å². The summed E-state index contributed by atoms with van der Waals surface area (Å²) in [6.07, 6.45) is 3.93. The van der Waals surface area contributed by atoms with Gasteiger partial charge in [0.15, 0.2) is 0 Å². The molecule has 0 saturated carbocycles. The van der Waals surface area contributed by atoms with Gasteiger partial charge in [-0.25, -0.2) is 14.8 Å². The largest absolute Gasteiger partial charge is 0.477 e. The van der Waals surface area contributed by atoms with Gasteiger partial charge in [-0.1, -0.05) is 0 Å². The highest BCUT2D eigenvalue weighted by molar-refractivity contribution is 7.20. The standard InChI is InChI=1S/C18H26N4O3S/c1-12-14-16(19-11-20-17(14)26-15(12)18(23)24)21(2)9-13-5-4-6-22(10-13)7-8-25-3/h11,13H,4-10H2,1-3H3,(H,23,24)/t13-/m0/s1. The van der Waals surface area contributed by atoms with E-state index in [-0.39, 0.29) is 0 Å². The third-order valence-electron chi connectivity index (χ3n) is 5.01. The second-order valence-electron chi connectivity index (χ2n) is 6.92. The van der Waals surface area contributed by atoms with Crippen molar-refractivity contribution in [1.82, 2.24) is 14.9 Å². The number of anilines is 1. The fourth-order valence-corrected chi connectivity index (χ4v) is 4.73. The van der Waals surface area contributed by atoms with E-state index >= 15 is 0 Å². The normalized spacial score (nSPS) is 18.3. The van der Waals surface area contributed by atoms with Gasteiger partial charge >= 0.3 is 5.97 Å². The first-order valence-electron chi connectivity index (χ1n) is 8.91. The summed E-state index contributed by atoms with van der Waals surface area (Å²) in [5.74, 6) is 0.485. The molecule has 0 unspecified atom stereocenters. The topological polar surface area (TPSA) is 78.8 Å². The number of aromatic carboxylic acids is 1. The van der Waals surface area contributed by atoms with Crippen LogP contribution in [0.1, 0.15) is 28.1 Å². The quantitative estimate of drug-likeness (QED) is 0.793. The van der Waals surface area contributed by atoms with Crippen LogP contribution in [0, 0.1) is 12.8 Å². The van der Waals surface area contributed by atoms with Crippen LogP contribution in [0.4, 0.5) is 5.82 Å². The van der Waals surface area contributed by atoms with E-state index in [2.05, 4.69) is 19.8 Å². The summed E-state index contributed by atoms with van der Waals surface area (Å²) >= 11 is 1.22. The Morgan fingerprint density at radius 3 is 3.04 bits per heavy atom. The SMILES string of the molecule is COCCN1CCC[C@@H](CN(C)c2ncnc3sc(C(=O)O)c(C)c23)C1. The Morgan fingerprint density at radius 1 is 1.50 bits per heavy atom. The maximum absolute atomic E-state index is 11.4. The van der Waals surface area contributed by atoms with Crippen molar-refractivity contribution in [2.75, 3.05) is 51.8 Å². The molecule has 1 N–H and O–H groups in total. The number of aryl methyl sites for hydroxylation is 1. The number of carbonyl (C=O) groups is 1. The Bertz CT molecular complexity index is 779. The highest BCUT2D eigenvalue weighted by Crippen LogP contribution is 2.35. The van der Waals surface area contributed by atoms with Gasteiger partial charge in [-0.15, -0.1) is 11.3 Å². The monoisotopic (exact) mass is 378 g/mol. The van der Waals surface area contributed by atoms with Gasteiger partial charge in [0.2, 0.25) is 0 Å². The first-order chi connectivity index (χ1) is 12.5. The molecule has 1 atom stereocenters. The van der Waals surface area contributed by atoms with Crippen LogP contribution in [0.5, 0.6) is 0 Å². The van der Waals surface area contributed by atoms with Crippen LogP contribution in [0.15, 0.2) is 6.33 Å². The zero-order valence-electron chi connectivity index (χ0n) is 15.6. The summed E-state index contributed by atoms with van der Waals surface area (Å²) in [6.45, 7) is 6.67. The molecule has 3 heterocycles. The van der Waals surface area contributed by atoms with Crippen molar-refractivity contribution in [2.24, 2.45) is 5.92 Å². The van der Waals surface area contributed by atoms with Gasteiger partial charge in [0.25, 0.3) is 0 Å². The van der Waals surface area contributed by atoms with Gasteiger partial charge in [-0.05, 0) is 37.8 Å².